The monoisotopic (exact) mass is 261 g/mol. The van der Waals surface area contributed by atoms with Gasteiger partial charge in [0.25, 0.3) is 0 Å². The third kappa shape index (κ3) is 3.40. The van der Waals surface area contributed by atoms with Gasteiger partial charge in [-0.15, -0.1) is 12.4 Å². The second-order valence-corrected chi connectivity index (χ2v) is 4.53. The molecule has 0 saturated carbocycles. The number of halogens is 1. The summed E-state index contributed by atoms with van der Waals surface area (Å²) >= 11 is 0. The van der Waals surface area contributed by atoms with Gasteiger partial charge in [-0.25, -0.2) is 0 Å². The summed E-state index contributed by atoms with van der Waals surface area (Å²) in [4.78, 5) is 26.6. The molecule has 2 aliphatic heterocycles. The summed E-state index contributed by atoms with van der Waals surface area (Å²) in [7, 11) is 0. The van der Waals surface area contributed by atoms with Crippen LogP contribution in [0.2, 0.25) is 0 Å². The highest BCUT2D eigenvalue weighted by Crippen LogP contribution is 2.12. The van der Waals surface area contributed by atoms with Gasteiger partial charge in [-0.1, -0.05) is 0 Å². The molecule has 5 nitrogen and oxygen atoms in total. The smallest absolute Gasteiger partial charge is 0.229 e. The minimum absolute atomic E-state index is 0. The molecule has 0 aromatic rings. The lowest BCUT2D eigenvalue weighted by Crippen LogP contribution is -2.52. The van der Waals surface area contributed by atoms with Crippen molar-refractivity contribution < 1.29 is 9.59 Å². The Kier molecular flexibility index (Phi) is 5.36. The van der Waals surface area contributed by atoms with Crippen LogP contribution >= 0.6 is 12.4 Å². The van der Waals surface area contributed by atoms with Gasteiger partial charge in [0.05, 0.1) is 0 Å². The van der Waals surface area contributed by atoms with Crippen LogP contribution in [0.5, 0.6) is 0 Å². The van der Waals surface area contributed by atoms with Gasteiger partial charge in [0.2, 0.25) is 11.8 Å². The Balaban J connectivity index is 0.00000144. The minimum Gasteiger partial charge on any atom is -0.314 e. The summed E-state index contributed by atoms with van der Waals surface area (Å²) in [6.07, 6.45) is 0.798. The molecule has 1 N–H and O–H groups in total. The highest BCUT2D eigenvalue weighted by atomic mass is 35.5. The number of carbonyl (C=O) groups is 2. The predicted octanol–water partition coefficient (Wildman–Crippen LogP) is -0.149. The number of carbonyl (C=O) groups excluding carboxylic acids is 2. The largest absolute Gasteiger partial charge is 0.314 e. The highest BCUT2D eigenvalue weighted by molar-refractivity contribution is 6.01. The van der Waals surface area contributed by atoms with Crippen molar-refractivity contribution in [1.29, 1.82) is 0 Å². The van der Waals surface area contributed by atoms with E-state index >= 15 is 0 Å². The highest BCUT2D eigenvalue weighted by Gasteiger charge is 2.29. The molecule has 0 aliphatic carbocycles. The molecule has 2 amide bonds. The van der Waals surface area contributed by atoms with Crippen LogP contribution < -0.4 is 5.32 Å². The number of hydrogen-bond acceptors (Lipinski definition) is 4. The number of rotatable bonds is 3. The lowest BCUT2D eigenvalue weighted by Gasteiger charge is -2.34. The molecular formula is C11H20ClN3O2. The average molecular weight is 262 g/mol. The van der Waals surface area contributed by atoms with Crippen LogP contribution in [0.25, 0.3) is 0 Å². The van der Waals surface area contributed by atoms with Crippen molar-refractivity contribution in [3.8, 4) is 0 Å². The van der Waals surface area contributed by atoms with Gasteiger partial charge in [-0.3, -0.25) is 19.4 Å². The number of piperazine rings is 1. The maximum absolute atomic E-state index is 11.4. The molecule has 0 radical (unpaired) electrons. The molecule has 2 saturated heterocycles. The first-order valence-corrected chi connectivity index (χ1v) is 5.96. The number of hydrogen-bond donors (Lipinski definition) is 1. The van der Waals surface area contributed by atoms with Gasteiger partial charge in [-0.2, -0.15) is 0 Å². The van der Waals surface area contributed by atoms with E-state index in [1.807, 2.05) is 0 Å². The Hall–Kier alpha value is -0.650. The first-order valence-electron chi connectivity index (χ1n) is 5.96. The zero-order valence-corrected chi connectivity index (χ0v) is 11.0. The van der Waals surface area contributed by atoms with E-state index in [9.17, 15) is 9.59 Å². The van der Waals surface area contributed by atoms with E-state index in [1.165, 1.54) is 4.90 Å². The number of nitrogens with zero attached hydrogens (tertiary/aromatic N) is 2. The van der Waals surface area contributed by atoms with Crippen molar-refractivity contribution in [3.63, 3.8) is 0 Å². The van der Waals surface area contributed by atoms with Gasteiger partial charge < -0.3 is 5.32 Å². The number of imide groups is 1. The molecule has 98 valence electrons. The van der Waals surface area contributed by atoms with E-state index < -0.39 is 0 Å². The van der Waals surface area contributed by atoms with Crippen molar-refractivity contribution in [1.82, 2.24) is 15.1 Å². The fourth-order valence-electron chi connectivity index (χ4n) is 2.32. The summed E-state index contributed by atoms with van der Waals surface area (Å²) < 4.78 is 0. The zero-order chi connectivity index (χ0) is 11.5. The third-order valence-corrected chi connectivity index (χ3v) is 3.40. The van der Waals surface area contributed by atoms with Gasteiger partial charge in [-0.05, 0) is 6.92 Å². The fraction of sp³-hybridized carbons (Fsp3) is 0.818. The van der Waals surface area contributed by atoms with E-state index in [0.717, 1.165) is 26.2 Å². The van der Waals surface area contributed by atoms with E-state index in [2.05, 4.69) is 17.1 Å². The first-order chi connectivity index (χ1) is 7.68. The molecule has 6 heteroatoms. The molecular weight excluding hydrogens is 242 g/mol. The molecule has 2 heterocycles. The SMILES string of the molecule is C[C@H]1CNCCN1CCN1C(=O)CCC1=O.Cl. The van der Waals surface area contributed by atoms with Crippen LogP contribution in [0.3, 0.4) is 0 Å². The average Bonchev–Trinajstić information content (AvgIpc) is 2.58. The standard InChI is InChI=1S/C11H19N3O2.ClH/c1-9-8-12-4-5-13(9)6-7-14-10(15)2-3-11(14)16;/h9,12H,2-8H2,1H3;1H/t9-;/m0./s1. The van der Waals surface area contributed by atoms with Gasteiger partial charge in [0, 0.05) is 51.6 Å². The fourth-order valence-corrected chi connectivity index (χ4v) is 2.32. The molecule has 17 heavy (non-hydrogen) atoms. The lowest BCUT2D eigenvalue weighted by atomic mass is 10.2. The van der Waals surface area contributed by atoms with Crippen molar-refractivity contribution in [2.75, 3.05) is 32.7 Å². The van der Waals surface area contributed by atoms with Gasteiger partial charge >= 0.3 is 0 Å². The van der Waals surface area contributed by atoms with Gasteiger partial charge in [0.1, 0.15) is 0 Å². The predicted molar refractivity (Wildman–Crippen MR) is 67.1 cm³/mol. The molecule has 0 aromatic heterocycles. The second-order valence-electron chi connectivity index (χ2n) is 4.53. The number of nitrogens with one attached hydrogen (secondary N) is 1. The van der Waals surface area contributed by atoms with Gasteiger partial charge in [0.15, 0.2) is 0 Å². The van der Waals surface area contributed by atoms with Crippen molar-refractivity contribution in [2.24, 2.45) is 0 Å². The third-order valence-electron chi connectivity index (χ3n) is 3.40. The van der Waals surface area contributed by atoms with Crippen molar-refractivity contribution in [2.45, 2.75) is 25.8 Å². The lowest BCUT2D eigenvalue weighted by molar-refractivity contribution is -0.138. The van der Waals surface area contributed by atoms with Crippen LogP contribution in [-0.4, -0.2) is 60.4 Å². The summed E-state index contributed by atoms with van der Waals surface area (Å²) in [5.74, 6) is -0.0134. The maximum Gasteiger partial charge on any atom is 0.229 e. The van der Waals surface area contributed by atoms with Crippen LogP contribution in [0.4, 0.5) is 0 Å². The maximum atomic E-state index is 11.4. The summed E-state index contributed by atoms with van der Waals surface area (Å²) in [6.45, 7) is 6.51. The Bertz CT molecular complexity index is 282. The topological polar surface area (TPSA) is 52.6 Å². The summed E-state index contributed by atoms with van der Waals surface area (Å²) in [5.41, 5.74) is 0. The molecule has 0 aromatic carbocycles. The van der Waals surface area contributed by atoms with Crippen molar-refractivity contribution >= 4 is 24.2 Å². The molecule has 0 spiro atoms. The molecule has 2 rings (SSSR count). The second kappa shape index (κ2) is 6.33. The molecule has 1 atom stereocenters. The first kappa shape index (κ1) is 14.4. The van der Waals surface area contributed by atoms with E-state index in [-0.39, 0.29) is 24.2 Å². The van der Waals surface area contributed by atoms with Crippen LogP contribution in [0.15, 0.2) is 0 Å². The Labute approximate surface area is 108 Å². The van der Waals surface area contributed by atoms with E-state index in [4.69, 9.17) is 0 Å². The van der Waals surface area contributed by atoms with Crippen LogP contribution in [0.1, 0.15) is 19.8 Å². The van der Waals surface area contributed by atoms with E-state index in [0.29, 0.717) is 25.4 Å². The Morgan fingerprint density at radius 1 is 1.24 bits per heavy atom. The minimum atomic E-state index is -0.00668. The van der Waals surface area contributed by atoms with Crippen LogP contribution in [0, 0.1) is 0 Å². The zero-order valence-electron chi connectivity index (χ0n) is 10.1. The molecule has 0 unspecified atom stereocenters. The van der Waals surface area contributed by atoms with Crippen LogP contribution in [-0.2, 0) is 9.59 Å². The summed E-state index contributed by atoms with van der Waals surface area (Å²) in [6, 6.07) is 0.488. The Morgan fingerprint density at radius 2 is 1.88 bits per heavy atom. The summed E-state index contributed by atoms with van der Waals surface area (Å²) in [5, 5.41) is 3.32. The number of amides is 2. The normalized spacial score (nSPS) is 26.2. The van der Waals surface area contributed by atoms with Crippen molar-refractivity contribution in [3.05, 3.63) is 0 Å². The quantitative estimate of drug-likeness (QED) is 0.718. The van der Waals surface area contributed by atoms with E-state index in [1.54, 1.807) is 0 Å². The molecule has 2 aliphatic rings. The Morgan fingerprint density at radius 3 is 2.47 bits per heavy atom. The molecule has 2 fully saturated rings. The number of likely N-dealkylation sites (tertiary alicyclic amines) is 1. The molecule has 0 bridgehead atoms.